The molecule has 0 bridgehead atoms. The molecular weight excluding hydrogens is 296 g/mol. The molecule has 3 aromatic carbocycles. The average molecular weight is 318 g/mol. The zero-order chi connectivity index (χ0) is 17.3. The minimum absolute atomic E-state index is 0.00158. The van der Waals surface area contributed by atoms with Gasteiger partial charge in [0.05, 0.1) is 0 Å². The first-order chi connectivity index (χ1) is 11.3. The van der Waals surface area contributed by atoms with Crippen LogP contribution in [0.25, 0.3) is 22.3 Å². The Kier molecular flexibility index (Phi) is 4.06. The van der Waals surface area contributed by atoms with E-state index in [0.29, 0.717) is 0 Å². The topological polar surface area (TPSA) is 40.5 Å². The number of benzene rings is 3. The van der Waals surface area contributed by atoms with Gasteiger partial charge in [-0.05, 0) is 63.6 Å². The summed E-state index contributed by atoms with van der Waals surface area (Å²) >= 11 is 0. The summed E-state index contributed by atoms with van der Waals surface area (Å²) in [5.74, 6) is 0.514. The lowest BCUT2D eigenvalue weighted by atomic mass is 9.83. The van der Waals surface area contributed by atoms with Crippen LogP contribution in [0.1, 0.15) is 26.3 Å². The standard InChI is InChI=1S/C22H22O2/c1-22(2,3)19-11-17(15-6-4-8-20(23)13-15)10-18(12-19)16-7-5-9-21(24)14-16/h4-14,23-24H,1-3H3. The quantitative estimate of drug-likeness (QED) is 0.633. The van der Waals surface area contributed by atoms with Crippen molar-refractivity contribution in [1.29, 1.82) is 0 Å². The van der Waals surface area contributed by atoms with Gasteiger partial charge in [-0.25, -0.2) is 0 Å². The highest BCUT2D eigenvalue weighted by Crippen LogP contribution is 2.34. The Morgan fingerprint density at radius 1 is 0.583 bits per heavy atom. The number of hydrogen-bond acceptors (Lipinski definition) is 2. The molecular formula is C22H22O2. The Morgan fingerprint density at radius 2 is 1.04 bits per heavy atom. The maximum Gasteiger partial charge on any atom is 0.116 e. The fourth-order valence-electron chi connectivity index (χ4n) is 2.76. The van der Waals surface area contributed by atoms with E-state index in [1.807, 2.05) is 24.3 Å². The molecule has 0 amide bonds. The van der Waals surface area contributed by atoms with E-state index in [2.05, 4.69) is 39.0 Å². The van der Waals surface area contributed by atoms with Gasteiger partial charge in [0.2, 0.25) is 0 Å². The highest BCUT2D eigenvalue weighted by molar-refractivity contribution is 5.75. The Bertz CT molecular complexity index is 809. The molecule has 0 unspecified atom stereocenters. The summed E-state index contributed by atoms with van der Waals surface area (Å²) in [6, 6.07) is 21.0. The van der Waals surface area contributed by atoms with Crippen molar-refractivity contribution in [3.63, 3.8) is 0 Å². The van der Waals surface area contributed by atoms with E-state index in [4.69, 9.17) is 0 Å². The number of phenolic OH excluding ortho intramolecular Hbond substituents is 2. The molecule has 24 heavy (non-hydrogen) atoms. The molecule has 2 nitrogen and oxygen atoms in total. The molecule has 0 aliphatic carbocycles. The van der Waals surface area contributed by atoms with Gasteiger partial charge in [-0.15, -0.1) is 0 Å². The van der Waals surface area contributed by atoms with Gasteiger partial charge < -0.3 is 10.2 Å². The van der Waals surface area contributed by atoms with Crippen LogP contribution in [-0.2, 0) is 5.41 Å². The van der Waals surface area contributed by atoms with Gasteiger partial charge >= 0.3 is 0 Å². The van der Waals surface area contributed by atoms with Crippen LogP contribution in [0.3, 0.4) is 0 Å². The monoisotopic (exact) mass is 318 g/mol. The molecule has 0 heterocycles. The molecule has 2 heteroatoms. The molecule has 122 valence electrons. The molecule has 2 N–H and O–H groups in total. The first-order valence-electron chi connectivity index (χ1n) is 8.07. The molecule has 0 aromatic heterocycles. The van der Waals surface area contributed by atoms with Crippen molar-refractivity contribution in [1.82, 2.24) is 0 Å². The lowest BCUT2D eigenvalue weighted by Gasteiger charge is -2.22. The fraction of sp³-hybridized carbons (Fsp3) is 0.182. The SMILES string of the molecule is CC(C)(C)c1cc(-c2cccc(O)c2)cc(-c2cccc(O)c2)c1. The number of rotatable bonds is 2. The van der Waals surface area contributed by atoms with Crippen LogP contribution >= 0.6 is 0 Å². The fourth-order valence-corrected chi connectivity index (χ4v) is 2.76. The lowest BCUT2D eigenvalue weighted by Crippen LogP contribution is -2.11. The summed E-state index contributed by atoms with van der Waals surface area (Å²) in [4.78, 5) is 0. The van der Waals surface area contributed by atoms with Crippen molar-refractivity contribution in [2.75, 3.05) is 0 Å². The molecule has 0 aliphatic rings. The van der Waals surface area contributed by atoms with Crippen molar-refractivity contribution in [2.45, 2.75) is 26.2 Å². The first-order valence-corrected chi connectivity index (χ1v) is 8.07. The summed E-state index contributed by atoms with van der Waals surface area (Å²) < 4.78 is 0. The summed E-state index contributed by atoms with van der Waals surface area (Å²) in [6.07, 6.45) is 0. The van der Waals surface area contributed by atoms with E-state index in [1.165, 1.54) is 5.56 Å². The van der Waals surface area contributed by atoms with E-state index in [-0.39, 0.29) is 16.9 Å². The van der Waals surface area contributed by atoms with E-state index in [9.17, 15) is 10.2 Å². The van der Waals surface area contributed by atoms with Crippen LogP contribution in [0.4, 0.5) is 0 Å². The number of phenols is 2. The van der Waals surface area contributed by atoms with E-state index in [1.54, 1.807) is 24.3 Å². The summed E-state index contributed by atoms with van der Waals surface area (Å²) in [6.45, 7) is 6.54. The zero-order valence-electron chi connectivity index (χ0n) is 14.2. The van der Waals surface area contributed by atoms with Gasteiger partial charge in [0.25, 0.3) is 0 Å². The number of hydrogen-bond donors (Lipinski definition) is 2. The van der Waals surface area contributed by atoms with Crippen molar-refractivity contribution in [3.05, 3.63) is 72.3 Å². The average Bonchev–Trinajstić information content (AvgIpc) is 2.53. The molecule has 0 atom stereocenters. The maximum atomic E-state index is 9.79. The molecule has 3 rings (SSSR count). The van der Waals surface area contributed by atoms with Gasteiger partial charge in [-0.3, -0.25) is 0 Å². The van der Waals surface area contributed by atoms with Gasteiger partial charge in [-0.2, -0.15) is 0 Å². The minimum Gasteiger partial charge on any atom is -0.508 e. The molecule has 3 aromatic rings. The second-order valence-electron chi connectivity index (χ2n) is 7.15. The van der Waals surface area contributed by atoms with Crippen molar-refractivity contribution in [2.24, 2.45) is 0 Å². The van der Waals surface area contributed by atoms with Gasteiger partial charge in [0, 0.05) is 0 Å². The van der Waals surface area contributed by atoms with Crippen LogP contribution in [0.2, 0.25) is 0 Å². The maximum absolute atomic E-state index is 9.79. The van der Waals surface area contributed by atoms with Gasteiger partial charge in [-0.1, -0.05) is 57.2 Å². The largest absolute Gasteiger partial charge is 0.508 e. The van der Waals surface area contributed by atoms with Crippen molar-refractivity contribution in [3.8, 4) is 33.8 Å². The molecule has 0 fully saturated rings. The summed E-state index contributed by atoms with van der Waals surface area (Å²) in [5.41, 5.74) is 5.26. The Hall–Kier alpha value is -2.74. The third-order valence-electron chi connectivity index (χ3n) is 4.16. The lowest BCUT2D eigenvalue weighted by molar-refractivity contribution is 0.475. The predicted octanol–water partition coefficient (Wildman–Crippen LogP) is 5.73. The van der Waals surface area contributed by atoms with Gasteiger partial charge in [0.1, 0.15) is 11.5 Å². The van der Waals surface area contributed by atoms with Crippen LogP contribution < -0.4 is 0 Å². The van der Waals surface area contributed by atoms with Crippen LogP contribution in [-0.4, -0.2) is 10.2 Å². The first kappa shape index (κ1) is 16.1. The Labute approximate surface area is 143 Å². The Morgan fingerprint density at radius 3 is 1.42 bits per heavy atom. The predicted molar refractivity (Wildman–Crippen MR) is 99.3 cm³/mol. The van der Waals surface area contributed by atoms with Crippen LogP contribution in [0.15, 0.2) is 66.7 Å². The molecule has 0 aliphatic heterocycles. The number of aromatic hydroxyl groups is 2. The molecule has 0 saturated heterocycles. The molecule has 0 radical (unpaired) electrons. The zero-order valence-corrected chi connectivity index (χ0v) is 14.2. The van der Waals surface area contributed by atoms with Crippen LogP contribution in [0.5, 0.6) is 11.5 Å². The van der Waals surface area contributed by atoms with E-state index < -0.39 is 0 Å². The Balaban J connectivity index is 2.21. The normalized spacial score (nSPS) is 11.5. The second-order valence-corrected chi connectivity index (χ2v) is 7.15. The summed E-state index contributed by atoms with van der Waals surface area (Å²) in [5, 5.41) is 19.6. The van der Waals surface area contributed by atoms with E-state index >= 15 is 0 Å². The third-order valence-corrected chi connectivity index (χ3v) is 4.16. The smallest absolute Gasteiger partial charge is 0.116 e. The molecule has 0 saturated carbocycles. The van der Waals surface area contributed by atoms with Crippen LogP contribution in [0, 0.1) is 0 Å². The summed E-state index contributed by atoms with van der Waals surface area (Å²) in [7, 11) is 0. The van der Waals surface area contributed by atoms with Crippen molar-refractivity contribution >= 4 is 0 Å². The highest BCUT2D eigenvalue weighted by Gasteiger charge is 2.16. The highest BCUT2D eigenvalue weighted by atomic mass is 16.3. The minimum atomic E-state index is -0.00158. The van der Waals surface area contributed by atoms with Gasteiger partial charge in [0.15, 0.2) is 0 Å². The van der Waals surface area contributed by atoms with E-state index in [0.717, 1.165) is 22.3 Å². The van der Waals surface area contributed by atoms with Crippen molar-refractivity contribution < 1.29 is 10.2 Å². The molecule has 0 spiro atoms. The second kappa shape index (κ2) is 6.04. The third kappa shape index (κ3) is 3.43.